The van der Waals surface area contributed by atoms with Crippen LogP contribution in [0, 0.1) is 0 Å². The molecule has 1 amide bonds. The summed E-state index contributed by atoms with van der Waals surface area (Å²) < 4.78 is -0.522. The lowest BCUT2D eigenvalue weighted by atomic mass is 10.3. The van der Waals surface area contributed by atoms with Gasteiger partial charge in [-0.05, 0) is 13.8 Å². The first kappa shape index (κ1) is 15.5. The van der Waals surface area contributed by atoms with E-state index >= 15 is 0 Å². The van der Waals surface area contributed by atoms with E-state index in [4.69, 9.17) is 11.5 Å². The number of rotatable bonds is 8. The summed E-state index contributed by atoms with van der Waals surface area (Å²) in [4.78, 5) is 13.8. The van der Waals surface area contributed by atoms with E-state index in [0.717, 1.165) is 0 Å². The van der Waals surface area contributed by atoms with Gasteiger partial charge in [0.2, 0.25) is 0 Å². The van der Waals surface area contributed by atoms with E-state index in [2.05, 4.69) is 0 Å². The standard InChI is InChI=1S/C10H25N4O2/c1-3-14(16,4-2)10(15)9-13(7-5-11)8-6-12/h16H,3-9,11-12H2,1-2H3/q+1. The molecule has 0 bridgehead atoms. The quantitative estimate of drug-likeness (QED) is 0.283. The van der Waals surface area contributed by atoms with E-state index in [-0.39, 0.29) is 12.5 Å². The highest BCUT2D eigenvalue weighted by molar-refractivity contribution is 5.70. The largest absolute Gasteiger partial charge is 0.359 e. The Bertz CT molecular complexity index is 201. The lowest BCUT2D eigenvalue weighted by Crippen LogP contribution is -2.54. The fourth-order valence-corrected chi connectivity index (χ4v) is 1.53. The molecule has 0 aromatic heterocycles. The van der Waals surface area contributed by atoms with Crippen molar-refractivity contribution in [2.45, 2.75) is 13.8 Å². The third-order valence-electron chi connectivity index (χ3n) is 2.76. The van der Waals surface area contributed by atoms with Gasteiger partial charge in [0.1, 0.15) is 19.6 Å². The molecule has 0 fully saturated rings. The molecule has 0 aliphatic carbocycles. The van der Waals surface area contributed by atoms with Crippen LogP contribution in [0.2, 0.25) is 0 Å². The summed E-state index contributed by atoms with van der Waals surface area (Å²) in [5, 5.41) is 9.98. The number of hydroxylamine groups is 3. The van der Waals surface area contributed by atoms with Gasteiger partial charge in [-0.25, -0.2) is 10.0 Å². The molecule has 5 N–H and O–H groups in total. The molecule has 0 saturated carbocycles. The van der Waals surface area contributed by atoms with Crippen LogP contribution in [0.1, 0.15) is 13.8 Å². The van der Waals surface area contributed by atoms with Crippen LogP contribution in [0.25, 0.3) is 0 Å². The topological polar surface area (TPSA) is 92.6 Å². The summed E-state index contributed by atoms with van der Waals surface area (Å²) in [7, 11) is 0. The van der Waals surface area contributed by atoms with Crippen molar-refractivity contribution in [3.63, 3.8) is 0 Å². The van der Waals surface area contributed by atoms with Crippen molar-refractivity contribution in [1.82, 2.24) is 4.90 Å². The van der Waals surface area contributed by atoms with Crippen molar-refractivity contribution < 1.29 is 14.6 Å². The molecule has 0 heterocycles. The zero-order valence-corrected chi connectivity index (χ0v) is 10.4. The van der Waals surface area contributed by atoms with Crippen LogP contribution in [-0.4, -0.2) is 66.5 Å². The minimum Gasteiger partial charge on any atom is -0.329 e. The zero-order valence-electron chi connectivity index (χ0n) is 10.4. The maximum Gasteiger partial charge on any atom is 0.359 e. The molecule has 0 unspecified atom stereocenters. The molecular weight excluding hydrogens is 208 g/mol. The third kappa shape index (κ3) is 4.54. The van der Waals surface area contributed by atoms with Crippen molar-refractivity contribution in [3.8, 4) is 0 Å². The minimum absolute atomic E-state index is 0.201. The van der Waals surface area contributed by atoms with E-state index in [1.807, 2.05) is 4.90 Å². The number of hydrogen-bond acceptors (Lipinski definition) is 5. The van der Waals surface area contributed by atoms with Gasteiger partial charge in [-0.1, -0.05) is 0 Å². The Hall–Kier alpha value is -0.530. The molecule has 16 heavy (non-hydrogen) atoms. The highest BCUT2D eigenvalue weighted by atomic mass is 16.6. The molecule has 0 saturated heterocycles. The molecule has 0 spiro atoms. The van der Waals surface area contributed by atoms with E-state index in [1.165, 1.54) is 0 Å². The number of hydrogen-bond donors (Lipinski definition) is 3. The third-order valence-corrected chi connectivity index (χ3v) is 2.76. The monoisotopic (exact) mass is 233 g/mol. The van der Waals surface area contributed by atoms with Gasteiger partial charge in [-0.2, -0.15) is 0 Å². The van der Waals surface area contributed by atoms with Crippen molar-refractivity contribution in [1.29, 1.82) is 0 Å². The lowest BCUT2D eigenvalue weighted by Gasteiger charge is -2.28. The smallest absolute Gasteiger partial charge is 0.329 e. The molecule has 0 rings (SSSR count). The maximum atomic E-state index is 11.9. The molecule has 6 heteroatoms. The van der Waals surface area contributed by atoms with Crippen LogP contribution >= 0.6 is 0 Å². The Morgan fingerprint density at radius 2 is 1.62 bits per heavy atom. The maximum absolute atomic E-state index is 11.9. The Morgan fingerprint density at radius 1 is 1.19 bits per heavy atom. The van der Waals surface area contributed by atoms with E-state index in [1.54, 1.807) is 13.8 Å². The number of carbonyl (C=O) groups excluding carboxylic acids is 1. The molecule has 0 radical (unpaired) electrons. The second kappa shape index (κ2) is 7.70. The molecule has 96 valence electrons. The lowest BCUT2D eigenvalue weighted by molar-refractivity contribution is -1.04. The van der Waals surface area contributed by atoms with Crippen molar-refractivity contribution in [2.24, 2.45) is 11.5 Å². The number of quaternary nitrogens is 1. The van der Waals surface area contributed by atoms with Crippen LogP contribution in [0.5, 0.6) is 0 Å². The van der Waals surface area contributed by atoms with Crippen molar-refractivity contribution in [3.05, 3.63) is 0 Å². The van der Waals surface area contributed by atoms with Crippen LogP contribution in [-0.2, 0) is 4.79 Å². The zero-order chi connectivity index (χ0) is 12.6. The predicted molar refractivity (Wildman–Crippen MR) is 62.7 cm³/mol. The first-order chi connectivity index (χ1) is 7.53. The first-order valence-corrected chi connectivity index (χ1v) is 5.79. The molecule has 0 aliphatic rings. The van der Waals surface area contributed by atoms with Crippen LogP contribution in [0.3, 0.4) is 0 Å². The number of nitrogens with two attached hydrogens (primary N) is 2. The average molecular weight is 233 g/mol. The fraction of sp³-hybridized carbons (Fsp3) is 0.900. The summed E-state index contributed by atoms with van der Waals surface area (Å²) in [6.07, 6.45) is 0. The van der Waals surface area contributed by atoms with Crippen LogP contribution in [0.4, 0.5) is 0 Å². The molecule has 0 aromatic rings. The highest BCUT2D eigenvalue weighted by Gasteiger charge is 2.32. The Morgan fingerprint density at radius 3 is 1.94 bits per heavy atom. The Balaban J connectivity index is 4.37. The molecule has 0 aromatic carbocycles. The number of nitrogens with zero attached hydrogens (tertiary/aromatic N) is 2. The van der Waals surface area contributed by atoms with Gasteiger partial charge in [0.05, 0.1) is 0 Å². The number of carbonyl (C=O) groups is 1. The average Bonchev–Trinajstić information content (AvgIpc) is 2.28. The predicted octanol–water partition coefficient (Wildman–Crippen LogP) is -1.02. The van der Waals surface area contributed by atoms with Crippen molar-refractivity contribution in [2.75, 3.05) is 45.8 Å². The van der Waals surface area contributed by atoms with Gasteiger partial charge in [-0.15, -0.1) is 4.65 Å². The second-order valence-corrected chi connectivity index (χ2v) is 3.80. The van der Waals surface area contributed by atoms with Gasteiger partial charge >= 0.3 is 5.91 Å². The minimum atomic E-state index is -0.522. The highest BCUT2D eigenvalue weighted by Crippen LogP contribution is 2.03. The van der Waals surface area contributed by atoms with E-state index in [0.29, 0.717) is 39.3 Å². The second-order valence-electron chi connectivity index (χ2n) is 3.80. The van der Waals surface area contributed by atoms with Crippen LogP contribution < -0.4 is 11.5 Å². The van der Waals surface area contributed by atoms with Gasteiger partial charge < -0.3 is 11.5 Å². The molecule has 0 atom stereocenters. The molecular formula is C10H25N4O2+. The summed E-state index contributed by atoms with van der Waals surface area (Å²) in [5.74, 6) is -0.202. The number of likely N-dealkylation sites (N-methyl/N-ethyl adjacent to an activating group) is 1. The van der Waals surface area contributed by atoms with Crippen molar-refractivity contribution >= 4 is 5.91 Å². The summed E-state index contributed by atoms with van der Waals surface area (Å²) in [6, 6.07) is 0. The summed E-state index contributed by atoms with van der Waals surface area (Å²) in [6.45, 7) is 6.76. The Kier molecular flexibility index (Phi) is 7.44. The molecule has 0 aliphatic heterocycles. The van der Waals surface area contributed by atoms with Gasteiger partial charge in [-0.3, -0.25) is 4.90 Å². The Labute approximate surface area is 97.3 Å². The number of amides is 1. The van der Waals surface area contributed by atoms with E-state index in [9.17, 15) is 10.0 Å². The fourth-order valence-electron chi connectivity index (χ4n) is 1.53. The SMILES string of the molecule is CC[N+](O)(CC)C(=O)CN(CCN)CCN. The summed E-state index contributed by atoms with van der Waals surface area (Å²) in [5.41, 5.74) is 10.9. The normalized spacial score (nSPS) is 12.1. The van der Waals surface area contributed by atoms with Gasteiger partial charge in [0, 0.05) is 26.2 Å². The molecule has 6 nitrogen and oxygen atoms in total. The van der Waals surface area contributed by atoms with E-state index < -0.39 is 4.65 Å². The van der Waals surface area contributed by atoms with Gasteiger partial charge in [0.25, 0.3) is 0 Å². The summed E-state index contributed by atoms with van der Waals surface area (Å²) >= 11 is 0. The first-order valence-electron chi connectivity index (χ1n) is 5.79. The van der Waals surface area contributed by atoms with Gasteiger partial charge in [0.15, 0.2) is 0 Å². The van der Waals surface area contributed by atoms with Crippen LogP contribution in [0.15, 0.2) is 0 Å².